The van der Waals surface area contributed by atoms with Gasteiger partial charge in [0.15, 0.2) is 0 Å². The van der Waals surface area contributed by atoms with E-state index in [1.165, 1.54) is 0 Å². The van der Waals surface area contributed by atoms with Crippen LogP contribution < -0.4 is 0 Å². The minimum atomic E-state index is 0. The molecule has 0 aliphatic carbocycles. The molecule has 6 heteroatoms. The van der Waals surface area contributed by atoms with Crippen molar-refractivity contribution < 1.29 is 17.1 Å². The van der Waals surface area contributed by atoms with Crippen molar-refractivity contribution in [2.24, 2.45) is 0 Å². The van der Waals surface area contributed by atoms with E-state index in [-0.39, 0.29) is 42.9 Å². The van der Waals surface area contributed by atoms with Crippen LogP contribution in [-0.2, 0) is 17.1 Å². The van der Waals surface area contributed by atoms with Crippen molar-refractivity contribution in [1.82, 2.24) is 19.9 Å². The summed E-state index contributed by atoms with van der Waals surface area (Å²) < 4.78 is 0. The Hall–Kier alpha value is -2.01. The third-order valence-corrected chi connectivity index (χ3v) is 4.04. The van der Waals surface area contributed by atoms with Crippen LogP contribution in [0, 0.1) is 0 Å². The zero-order chi connectivity index (χ0) is 15.9. The van der Waals surface area contributed by atoms with Crippen LogP contribution in [0.3, 0.4) is 0 Å². The van der Waals surface area contributed by atoms with Crippen LogP contribution >= 0.6 is 0 Å². The normalized spacial score (nSPS) is 11.7. The summed E-state index contributed by atoms with van der Waals surface area (Å²) in [7, 11) is 0. The first-order valence-electron chi connectivity index (χ1n) is 7.85. The van der Waals surface area contributed by atoms with Crippen molar-refractivity contribution in [2.45, 2.75) is 0 Å². The fourth-order valence-electron chi connectivity index (χ4n) is 2.94. The van der Waals surface area contributed by atoms with Crippen LogP contribution in [0.2, 0.25) is 0 Å². The van der Waals surface area contributed by atoms with Crippen molar-refractivity contribution in [3.8, 4) is 0 Å². The quantitative estimate of drug-likeness (QED) is 0.320. The molecular formula is C20H14CuInN4. The largest absolute Gasteiger partial charge is 0.355 e. The van der Waals surface area contributed by atoms with E-state index in [2.05, 4.69) is 50.3 Å². The Morgan fingerprint density at radius 1 is 0.500 bits per heavy atom. The van der Waals surface area contributed by atoms with E-state index < -0.39 is 0 Å². The zero-order valence-electron chi connectivity index (χ0n) is 13.7. The van der Waals surface area contributed by atoms with E-state index in [4.69, 9.17) is 0 Å². The molecule has 0 aromatic carbocycles. The maximum atomic E-state index is 4.62. The molecule has 2 aliphatic rings. The number of aromatic amines is 2. The van der Waals surface area contributed by atoms with Crippen LogP contribution in [0.5, 0.6) is 0 Å². The van der Waals surface area contributed by atoms with Gasteiger partial charge in [0.05, 0.1) is 22.8 Å². The fourth-order valence-corrected chi connectivity index (χ4v) is 2.94. The monoisotopic (exact) mass is 488 g/mol. The first-order chi connectivity index (χ1) is 11.8. The molecule has 2 aliphatic heterocycles. The second-order valence-electron chi connectivity index (χ2n) is 5.91. The molecule has 5 rings (SSSR count). The zero-order valence-corrected chi connectivity index (χ0v) is 17.9. The molecule has 4 radical (unpaired) electrons. The number of aromatic nitrogens is 4. The maximum Gasteiger partial charge on any atom is 0.0659 e. The van der Waals surface area contributed by atoms with Crippen LogP contribution in [-0.4, -0.2) is 45.8 Å². The summed E-state index contributed by atoms with van der Waals surface area (Å²) in [5.74, 6) is 0. The summed E-state index contributed by atoms with van der Waals surface area (Å²) in [4.78, 5) is 16.0. The first-order valence-corrected chi connectivity index (χ1v) is 7.85. The average molecular weight is 489 g/mol. The molecule has 8 bridgehead atoms. The minimum absolute atomic E-state index is 0. The van der Waals surface area contributed by atoms with Crippen LogP contribution in [0.25, 0.3) is 46.4 Å². The van der Waals surface area contributed by atoms with Gasteiger partial charge in [0.1, 0.15) is 0 Å². The number of hydrogen-bond acceptors (Lipinski definition) is 2. The van der Waals surface area contributed by atoms with Crippen molar-refractivity contribution in [1.29, 1.82) is 0 Å². The summed E-state index contributed by atoms with van der Waals surface area (Å²) >= 11 is 0. The van der Waals surface area contributed by atoms with Gasteiger partial charge in [-0.2, -0.15) is 0 Å². The van der Waals surface area contributed by atoms with E-state index in [1.54, 1.807) is 0 Å². The molecule has 0 saturated heterocycles. The molecule has 0 amide bonds. The number of rotatable bonds is 0. The predicted octanol–water partition coefficient (Wildman–Crippen LogP) is 4.27. The van der Waals surface area contributed by atoms with Crippen molar-refractivity contribution in [2.75, 3.05) is 0 Å². The molecule has 2 N–H and O–H groups in total. The van der Waals surface area contributed by atoms with Gasteiger partial charge in [-0.05, 0) is 72.8 Å². The number of hydrogen-bond donors (Lipinski definition) is 2. The van der Waals surface area contributed by atoms with Crippen LogP contribution in [0.4, 0.5) is 0 Å². The Morgan fingerprint density at radius 3 is 1.27 bits per heavy atom. The second kappa shape index (κ2) is 7.70. The van der Waals surface area contributed by atoms with E-state index in [0.29, 0.717) is 0 Å². The Labute approximate surface area is 179 Å². The SMILES string of the molecule is C1=Cc2cc3ccc(cc4ccc(cc5nc(cc1n2)C=C5)[nH]4)[nH]3.[Cu].[In]. The van der Waals surface area contributed by atoms with Gasteiger partial charge in [-0.15, -0.1) is 0 Å². The van der Waals surface area contributed by atoms with E-state index >= 15 is 0 Å². The Morgan fingerprint density at radius 2 is 0.846 bits per heavy atom. The number of nitrogens with one attached hydrogen (secondary N) is 2. The number of H-pyrrole nitrogens is 2. The van der Waals surface area contributed by atoms with E-state index in [1.807, 2.05) is 42.5 Å². The van der Waals surface area contributed by atoms with Gasteiger partial charge in [0, 0.05) is 65.0 Å². The smallest absolute Gasteiger partial charge is 0.0659 e. The summed E-state index contributed by atoms with van der Waals surface area (Å²) in [6, 6.07) is 16.4. The van der Waals surface area contributed by atoms with Crippen LogP contribution in [0.1, 0.15) is 22.8 Å². The Balaban J connectivity index is 0.000000980. The van der Waals surface area contributed by atoms with Crippen molar-refractivity contribution in [3.63, 3.8) is 0 Å². The summed E-state index contributed by atoms with van der Waals surface area (Å²) in [6.07, 6.45) is 8.05. The van der Waals surface area contributed by atoms with Gasteiger partial charge in [-0.25, -0.2) is 9.97 Å². The van der Waals surface area contributed by atoms with Gasteiger partial charge < -0.3 is 9.97 Å². The molecule has 0 fully saturated rings. The van der Waals surface area contributed by atoms with Crippen LogP contribution in [0.15, 0.2) is 48.5 Å². The maximum absolute atomic E-state index is 4.62. The standard InChI is InChI=1S/C20H14N4.Cu.In/c1-2-14-10-16-5-6-18(23-16)12-20-8-7-19(24-20)11-17-4-3-15(22-17)9-13(1)21-14;;/h1-12,21-22H;;. The Bertz CT molecular complexity index is 1080. The molecule has 26 heavy (non-hydrogen) atoms. The third-order valence-electron chi connectivity index (χ3n) is 4.04. The van der Waals surface area contributed by atoms with Gasteiger partial charge >= 0.3 is 0 Å². The first kappa shape index (κ1) is 18.8. The molecule has 5 heterocycles. The molecule has 0 saturated carbocycles. The van der Waals surface area contributed by atoms with E-state index in [0.717, 1.165) is 44.8 Å². The summed E-state index contributed by atoms with van der Waals surface area (Å²) in [5.41, 5.74) is 7.86. The summed E-state index contributed by atoms with van der Waals surface area (Å²) in [5, 5.41) is 0. The molecule has 4 nitrogen and oxygen atoms in total. The molecule has 3 aromatic rings. The summed E-state index contributed by atoms with van der Waals surface area (Å²) in [6.45, 7) is 0. The molecule has 0 unspecified atom stereocenters. The van der Waals surface area contributed by atoms with Gasteiger partial charge in [-0.1, -0.05) is 0 Å². The van der Waals surface area contributed by atoms with Gasteiger partial charge in [0.25, 0.3) is 0 Å². The number of fused-ring (bicyclic) bond motifs is 8. The molecular weight excluding hydrogens is 475 g/mol. The Kier molecular flexibility index (Phi) is 5.56. The van der Waals surface area contributed by atoms with Gasteiger partial charge in [-0.3, -0.25) is 0 Å². The molecule has 128 valence electrons. The molecule has 0 spiro atoms. The van der Waals surface area contributed by atoms with E-state index in [9.17, 15) is 0 Å². The van der Waals surface area contributed by atoms with Crippen molar-refractivity contribution >= 4 is 72.2 Å². The number of nitrogens with zero attached hydrogens (tertiary/aromatic N) is 2. The van der Waals surface area contributed by atoms with Gasteiger partial charge in [0.2, 0.25) is 0 Å². The topological polar surface area (TPSA) is 57.4 Å². The second-order valence-corrected chi connectivity index (χ2v) is 5.91. The third kappa shape index (κ3) is 3.88. The molecule has 3 aromatic heterocycles. The molecule has 0 atom stereocenters. The van der Waals surface area contributed by atoms with Crippen molar-refractivity contribution in [3.05, 3.63) is 71.3 Å². The average Bonchev–Trinajstić information content (AvgIpc) is 3.32. The fraction of sp³-hybridized carbons (Fsp3) is 0. The minimum Gasteiger partial charge on any atom is -0.355 e. The predicted molar refractivity (Wildman–Crippen MR) is 105 cm³/mol.